The number of alkyl halides is 2. The number of hydrogen-bond acceptors (Lipinski definition) is 3. The Kier molecular flexibility index (Phi) is 4.14. The van der Waals surface area contributed by atoms with Gasteiger partial charge >= 0.3 is 6.55 Å². The molecule has 19 heavy (non-hydrogen) atoms. The van der Waals surface area contributed by atoms with Crippen LogP contribution in [0.15, 0.2) is 12.3 Å². The average molecular weight is 272 g/mol. The molecule has 1 saturated heterocycles. The summed E-state index contributed by atoms with van der Waals surface area (Å²) < 4.78 is 25.3. The number of aromatic nitrogens is 2. The van der Waals surface area contributed by atoms with E-state index in [4.69, 9.17) is 5.73 Å². The fourth-order valence-corrected chi connectivity index (χ4v) is 2.46. The lowest BCUT2D eigenvalue weighted by molar-refractivity contribution is 0.0553. The maximum absolute atomic E-state index is 12.4. The first kappa shape index (κ1) is 13.9. The Hall–Kier alpha value is -1.50. The smallest absolute Gasteiger partial charge is 0.333 e. The molecule has 5 nitrogen and oxygen atoms in total. The number of carbonyl (C=O) groups excluding carboxylic acids is 1. The number of amides is 1. The lowest BCUT2D eigenvalue weighted by atomic mass is 9.99. The molecule has 2 heterocycles. The molecule has 0 unspecified atom stereocenters. The summed E-state index contributed by atoms with van der Waals surface area (Å²) in [4.78, 5) is 13.7. The molecular weight excluding hydrogens is 254 g/mol. The van der Waals surface area contributed by atoms with Gasteiger partial charge in [-0.1, -0.05) is 13.3 Å². The van der Waals surface area contributed by atoms with Crippen LogP contribution in [0.4, 0.5) is 8.78 Å². The molecule has 0 bridgehead atoms. The molecule has 1 aromatic heterocycles. The first-order valence-corrected chi connectivity index (χ1v) is 6.41. The van der Waals surface area contributed by atoms with E-state index in [1.807, 2.05) is 0 Å². The Morgan fingerprint density at radius 3 is 2.89 bits per heavy atom. The van der Waals surface area contributed by atoms with Gasteiger partial charge in [-0.05, 0) is 18.4 Å². The van der Waals surface area contributed by atoms with Crippen LogP contribution in [0.5, 0.6) is 0 Å². The summed E-state index contributed by atoms with van der Waals surface area (Å²) in [6.45, 7) is 0.386. The summed E-state index contributed by atoms with van der Waals surface area (Å²) in [5.41, 5.74) is 6.03. The van der Waals surface area contributed by atoms with Crippen LogP contribution < -0.4 is 5.73 Å². The summed E-state index contributed by atoms with van der Waals surface area (Å²) >= 11 is 0. The number of halogens is 2. The predicted octanol–water partition coefficient (Wildman–Crippen LogP) is 1.48. The molecule has 7 heteroatoms. The van der Waals surface area contributed by atoms with Crippen molar-refractivity contribution < 1.29 is 13.6 Å². The molecule has 1 aromatic rings. The molecule has 0 radical (unpaired) electrons. The van der Waals surface area contributed by atoms with Crippen LogP contribution in [0.25, 0.3) is 0 Å². The normalized spacial score (nSPS) is 23.3. The second-order valence-corrected chi connectivity index (χ2v) is 4.88. The van der Waals surface area contributed by atoms with Crippen molar-refractivity contribution in [2.75, 3.05) is 13.1 Å². The third-order valence-corrected chi connectivity index (χ3v) is 3.47. The minimum absolute atomic E-state index is 0.0407. The van der Waals surface area contributed by atoms with Gasteiger partial charge < -0.3 is 10.6 Å². The zero-order valence-corrected chi connectivity index (χ0v) is 10.8. The van der Waals surface area contributed by atoms with E-state index in [0.29, 0.717) is 17.8 Å². The predicted molar refractivity (Wildman–Crippen MR) is 65.8 cm³/mol. The summed E-state index contributed by atoms with van der Waals surface area (Å²) in [5, 5.41) is 3.58. The first-order valence-electron chi connectivity index (χ1n) is 6.41. The second kappa shape index (κ2) is 5.64. The molecule has 0 aliphatic carbocycles. The van der Waals surface area contributed by atoms with Crippen molar-refractivity contribution in [2.45, 2.75) is 32.4 Å². The lowest BCUT2D eigenvalue weighted by Gasteiger charge is -2.14. The molecule has 0 saturated carbocycles. The van der Waals surface area contributed by atoms with E-state index in [2.05, 4.69) is 12.0 Å². The summed E-state index contributed by atoms with van der Waals surface area (Å²) in [5.74, 6) is -0.0420. The van der Waals surface area contributed by atoms with Crippen molar-refractivity contribution in [1.29, 1.82) is 0 Å². The lowest BCUT2D eigenvalue weighted by Crippen LogP contribution is -2.32. The molecule has 2 atom stereocenters. The van der Waals surface area contributed by atoms with Gasteiger partial charge in [-0.3, -0.25) is 4.79 Å². The van der Waals surface area contributed by atoms with Crippen LogP contribution in [0.3, 0.4) is 0 Å². The second-order valence-electron chi connectivity index (χ2n) is 4.88. The van der Waals surface area contributed by atoms with Crippen LogP contribution in [0, 0.1) is 5.92 Å². The third-order valence-electron chi connectivity index (χ3n) is 3.47. The van der Waals surface area contributed by atoms with Crippen LogP contribution in [0.2, 0.25) is 0 Å². The van der Waals surface area contributed by atoms with Crippen LogP contribution in [-0.2, 0) is 0 Å². The number of hydrogen-bond donors (Lipinski definition) is 1. The molecule has 1 amide bonds. The van der Waals surface area contributed by atoms with Gasteiger partial charge in [0.2, 0.25) is 0 Å². The minimum Gasteiger partial charge on any atom is -0.335 e. The molecule has 0 spiro atoms. The van der Waals surface area contributed by atoms with Crippen molar-refractivity contribution in [3.8, 4) is 0 Å². The SMILES string of the molecule is CCC[C@@H]1CN(C(=O)c2ccn(C(F)F)n2)C[C@H]1N. The Labute approximate surface area is 110 Å². The Bertz CT molecular complexity index is 449. The molecule has 2 rings (SSSR count). The molecule has 1 aliphatic heterocycles. The van der Waals surface area contributed by atoms with Crippen molar-refractivity contribution in [1.82, 2.24) is 14.7 Å². The highest BCUT2D eigenvalue weighted by Crippen LogP contribution is 2.22. The van der Waals surface area contributed by atoms with E-state index in [-0.39, 0.29) is 23.6 Å². The molecule has 0 aromatic carbocycles. The Morgan fingerprint density at radius 1 is 1.58 bits per heavy atom. The van der Waals surface area contributed by atoms with Crippen molar-refractivity contribution in [2.24, 2.45) is 11.7 Å². The first-order chi connectivity index (χ1) is 9.02. The van der Waals surface area contributed by atoms with E-state index >= 15 is 0 Å². The number of carbonyl (C=O) groups is 1. The molecular formula is C12H18F2N4O. The van der Waals surface area contributed by atoms with Gasteiger partial charge in [-0.2, -0.15) is 13.9 Å². The zero-order valence-electron chi connectivity index (χ0n) is 10.8. The van der Waals surface area contributed by atoms with Gasteiger partial charge in [0.15, 0.2) is 5.69 Å². The van der Waals surface area contributed by atoms with Crippen LogP contribution in [0.1, 0.15) is 36.8 Å². The van der Waals surface area contributed by atoms with Gasteiger partial charge in [0.1, 0.15) is 0 Å². The highest BCUT2D eigenvalue weighted by atomic mass is 19.3. The molecule has 1 aliphatic rings. The quantitative estimate of drug-likeness (QED) is 0.903. The summed E-state index contributed by atoms with van der Waals surface area (Å²) in [6.07, 6.45) is 3.09. The maximum Gasteiger partial charge on any atom is 0.333 e. The number of rotatable bonds is 4. The molecule has 2 N–H and O–H groups in total. The van der Waals surface area contributed by atoms with Gasteiger partial charge in [-0.25, -0.2) is 4.68 Å². The van der Waals surface area contributed by atoms with E-state index in [9.17, 15) is 13.6 Å². The van der Waals surface area contributed by atoms with E-state index in [1.165, 1.54) is 6.07 Å². The fourth-order valence-electron chi connectivity index (χ4n) is 2.46. The van der Waals surface area contributed by atoms with Crippen LogP contribution >= 0.6 is 0 Å². The third kappa shape index (κ3) is 2.91. The zero-order chi connectivity index (χ0) is 14.0. The monoisotopic (exact) mass is 272 g/mol. The van der Waals surface area contributed by atoms with Crippen LogP contribution in [-0.4, -0.2) is 39.7 Å². The van der Waals surface area contributed by atoms with Gasteiger partial charge in [-0.15, -0.1) is 0 Å². The number of nitrogens with zero attached hydrogens (tertiary/aromatic N) is 3. The summed E-state index contributed by atoms with van der Waals surface area (Å²) in [7, 11) is 0. The van der Waals surface area contributed by atoms with E-state index in [0.717, 1.165) is 19.0 Å². The van der Waals surface area contributed by atoms with Crippen molar-refractivity contribution in [3.63, 3.8) is 0 Å². The summed E-state index contributed by atoms with van der Waals surface area (Å²) in [6, 6.07) is 1.27. The Balaban J connectivity index is 2.04. The average Bonchev–Trinajstić information content (AvgIpc) is 2.97. The maximum atomic E-state index is 12.4. The highest BCUT2D eigenvalue weighted by molar-refractivity contribution is 5.92. The Morgan fingerprint density at radius 2 is 2.32 bits per heavy atom. The molecule has 1 fully saturated rings. The molecule has 106 valence electrons. The minimum atomic E-state index is -2.73. The van der Waals surface area contributed by atoms with Gasteiger partial charge in [0.25, 0.3) is 5.91 Å². The van der Waals surface area contributed by atoms with E-state index in [1.54, 1.807) is 4.90 Å². The largest absolute Gasteiger partial charge is 0.335 e. The van der Waals surface area contributed by atoms with E-state index < -0.39 is 6.55 Å². The fraction of sp³-hybridized carbons (Fsp3) is 0.667. The number of likely N-dealkylation sites (tertiary alicyclic amines) is 1. The highest BCUT2D eigenvalue weighted by Gasteiger charge is 2.33. The van der Waals surface area contributed by atoms with Crippen molar-refractivity contribution in [3.05, 3.63) is 18.0 Å². The van der Waals surface area contributed by atoms with Crippen molar-refractivity contribution >= 4 is 5.91 Å². The topological polar surface area (TPSA) is 64.2 Å². The van der Waals surface area contributed by atoms with Gasteiger partial charge in [0.05, 0.1) is 0 Å². The number of nitrogens with two attached hydrogens (primary N) is 1. The van der Waals surface area contributed by atoms with Gasteiger partial charge in [0, 0.05) is 25.3 Å². The standard InChI is InChI=1S/C12H18F2N4O/c1-2-3-8-6-17(7-9(8)15)11(19)10-4-5-18(16-10)12(13)14/h4-5,8-9,12H,2-3,6-7,15H2,1H3/t8-,9-/m1/s1.